The van der Waals surface area contributed by atoms with E-state index in [9.17, 15) is 9.59 Å². The van der Waals surface area contributed by atoms with Crippen LogP contribution >= 0.6 is 0 Å². The van der Waals surface area contributed by atoms with Crippen LogP contribution in [0.4, 0.5) is 0 Å². The highest BCUT2D eigenvalue weighted by Crippen LogP contribution is 2.32. The molecule has 0 saturated carbocycles. The molecule has 0 unspecified atom stereocenters. The molecule has 0 bridgehead atoms. The van der Waals surface area contributed by atoms with E-state index in [1.807, 2.05) is 33.8 Å². The van der Waals surface area contributed by atoms with E-state index < -0.39 is 5.41 Å². The van der Waals surface area contributed by atoms with Gasteiger partial charge in [0.15, 0.2) is 5.69 Å². The Balaban J connectivity index is 3.02. The Morgan fingerprint density at radius 2 is 2.00 bits per heavy atom. The molecular weight excluding hydrogens is 328 g/mol. The van der Waals surface area contributed by atoms with Gasteiger partial charge in [0.05, 0.1) is 0 Å². The predicted molar refractivity (Wildman–Crippen MR) is 105 cm³/mol. The number of nitrogens with one attached hydrogen (secondary N) is 1. The Morgan fingerprint density at radius 1 is 1.38 bits per heavy atom. The smallest absolute Gasteiger partial charge is 0.276 e. The molecule has 1 aromatic heterocycles. The van der Waals surface area contributed by atoms with Crippen LogP contribution in [0.25, 0.3) is 0 Å². The molecule has 0 aliphatic rings. The number of hydrogen-bond acceptors (Lipinski definition) is 3. The van der Waals surface area contributed by atoms with Crippen LogP contribution < -0.4 is 5.32 Å². The number of aryl methyl sites for hydroxylation is 2. The zero-order chi connectivity index (χ0) is 20.1. The average molecular weight is 358 g/mol. The van der Waals surface area contributed by atoms with E-state index in [0.717, 1.165) is 11.3 Å². The summed E-state index contributed by atoms with van der Waals surface area (Å²) in [6.45, 7) is 11.6. The summed E-state index contributed by atoms with van der Waals surface area (Å²) in [6, 6.07) is 1.74. The molecule has 0 aromatic carbocycles. The average Bonchev–Trinajstić information content (AvgIpc) is 2.89. The lowest BCUT2D eigenvalue weighted by molar-refractivity contribution is -0.130. The molecule has 1 heterocycles. The summed E-state index contributed by atoms with van der Waals surface area (Å²) in [5, 5.41) is 7.05. The van der Waals surface area contributed by atoms with Crippen molar-refractivity contribution < 1.29 is 9.59 Å². The van der Waals surface area contributed by atoms with Crippen LogP contribution in [0.15, 0.2) is 42.1 Å². The summed E-state index contributed by atoms with van der Waals surface area (Å²) in [6.07, 6.45) is 5.73. The standard InChI is InChI=1S/C20H30N4O2/c1-9-15(20(4,5)13-18(25)23(6)7)12-16(10-2)21-19(26)17-11-14(3)24(8)22-17/h9-12H,1,13H2,2-8H3,(H,21,26)/b15-12+,16-10+. The van der Waals surface area contributed by atoms with E-state index in [1.54, 1.807) is 48.9 Å². The van der Waals surface area contributed by atoms with E-state index in [2.05, 4.69) is 17.0 Å². The fourth-order valence-electron chi connectivity index (χ4n) is 2.39. The van der Waals surface area contributed by atoms with Gasteiger partial charge in [-0.1, -0.05) is 32.6 Å². The maximum Gasteiger partial charge on any atom is 0.276 e. The molecule has 0 saturated heterocycles. The molecular formula is C20H30N4O2. The number of allylic oxidation sites excluding steroid dienone is 4. The molecule has 6 nitrogen and oxygen atoms in total. The van der Waals surface area contributed by atoms with Gasteiger partial charge in [-0.25, -0.2) is 0 Å². The first-order valence-corrected chi connectivity index (χ1v) is 8.55. The van der Waals surface area contributed by atoms with Gasteiger partial charge in [-0.05, 0) is 37.0 Å². The Morgan fingerprint density at radius 3 is 2.42 bits per heavy atom. The summed E-state index contributed by atoms with van der Waals surface area (Å²) in [5.41, 5.74) is 2.36. The summed E-state index contributed by atoms with van der Waals surface area (Å²) in [4.78, 5) is 26.1. The maximum atomic E-state index is 12.4. The summed E-state index contributed by atoms with van der Waals surface area (Å²) < 4.78 is 1.66. The first-order valence-electron chi connectivity index (χ1n) is 8.55. The van der Waals surface area contributed by atoms with Gasteiger partial charge in [-0.2, -0.15) is 5.10 Å². The Bertz CT molecular complexity index is 732. The normalized spacial score (nSPS) is 12.7. The van der Waals surface area contributed by atoms with Crippen LogP contribution in [0.1, 0.15) is 43.4 Å². The third-order valence-electron chi connectivity index (χ3n) is 4.32. The van der Waals surface area contributed by atoms with Gasteiger partial charge < -0.3 is 10.2 Å². The second-order valence-corrected chi connectivity index (χ2v) is 7.15. The molecule has 2 amide bonds. The largest absolute Gasteiger partial charge is 0.349 e. The zero-order valence-electron chi connectivity index (χ0n) is 16.9. The van der Waals surface area contributed by atoms with Crippen molar-refractivity contribution in [3.63, 3.8) is 0 Å². The van der Waals surface area contributed by atoms with Crippen molar-refractivity contribution in [3.8, 4) is 0 Å². The number of carbonyl (C=O) groups excluding carboxylic acids is 2. The Kier molecular flexibility index (Phi) is 7.12. The van der Waals surface area contributed by atoms with E-state index >= 15 is 0 Å². The maximum absolute atomic E-state index is 12.4. The van der Waals surface area contributed by atoms with Gasteiger partial charge in [-0.3, -0.25) is 14.3 Å². The second-order valence-electron chi connectivity index (χ2n) is 7.15. The first-order chi connectivity index (χ1) is 12.0. The predicted octanol–water partition coefficient (Wildman–Crippen LogP) is 2.98. The van der Waals surface area contributed by atoms with Crippen LogP contribution in [-0.4, -0.2) is 40.6 Å². The lowest BCUT2D eigenvalue weighted by Gasteiger charge is -2.27. The molecule has 1 rings (SSSR count). The third kappa shape index (κ3) is 5.44. The summed E-state index contributed by atoms with van der Waals surface area (Å²) in [7, 11) is 5.27. The lowest BCUT2D eigenvalue weighted by Crippen LogP contribution is -2.29. The molecule has 6 heteroatoms. The van der Waals surface area contributed by atoms with Crippen molar-refractivity contribution in [2.45, 2.75) is 34.1 Å². The number of nitrogens with zero attached hydrogens (tertiary/aromatic N) is 3. The van der Waals surface area contributed by atoms with Crippen LogP contribution in [0.2, 0.25) is 0 Å². The molecule has 0 fully saturated rings. The third-order valence-corrected chi connectivity index (χ3v) is 4.32. The molecule has 0 atom stereocenters. The van der Waals surface area contributed by atoms with E-state index in [0.29, 0.717) is 17.8 Å². The number of carbonyl (C=O) groups is 2. The minimum atomic E-state index is -0.413. The first kappa shape index (κ1) is 21.4. The van der Waals surface area contributed by atoms with E-state index in [-0.39, 0.29) is 11.8 Å². The Labute approximate surface area is 156 Å². The molecule has 26 heavy (non-hydrogen) atoms. The summed E-state index contributed by atoms with van der Waals surface area (Å²) in [5.74, 6) is -0.235. The van der Waals surface area contributed by atoms with Crippen molar-refractivity contribution >= 4 is 11.8 Å². The van der Waals surface area contributed by atoms with Crippen molar-refractivity contribution in [1.29, 1.82) is 0 Å². The number of aromatic nitrogens is 2. The van der Waals surface area contributed by atoms with Gasteiger partial charge in [-0.15, -0.1) is 0 Å². The number of hydrogen-bond donors (Lipinski definition) is 1. The molecule has 0 aliphatic carbocycles. The molecule has 0 radical (unpaired) electrons. The van der Waals surface area contributed by atoms with Crippen molar-refractivity contribution in [3.05, 3.63) is 53.5 Å². The van der Waals surface area contributed by atoms with Gasteiger partial charge in [0.25, 0.3) is 5.91 Å². The fourth-order valence-corrected chi connectivity index (χ4v) is 2.39. The summed E-state index contributed by atoms with van der Waals surface area (Å²) >= 11 is 0. The number of rotatable bonds is 7. The highest BCUT2D eigenvalue weighted by molar-refractivity contribution is 5.93. The minimum Gasteiger partial charge on any atom is -0.349 e. The highest BCUT2D eigenvalue weighted by atomic mass is 16.2. The molecule has 142 valence electrons. The quantitative estimate of drug-likeness (QED) is 0.762. The van der Waals surface area contributed by atoms with Gasteiger partial charge >= 0.3 is 0 Å². The molecule has 0 aliphatic heterocycles. The number of amides is 2. The van der Waals surface area contributed by atoms with Gasteiger partial charge in [0, 0.05) is 39.0 Å². The zero-order valence-corrected chi connectivity index (χ0v) is 16.9. The molecule has 0 spiro atoms. The lowest BCUT2D eigenvalue weighted by atomic mass is 9.80. The molecule has 1 aromatic rings. The molecule has 1 N–H and O–H groups in total. The van der Waals surface area contributed by atoms with Crippen LogP contribution in [0, 0.1) is 12.3 Å². The van der Waals surface area contributed by atoms with Crippen molar-refractivity contribution in [2.75, 3.05) is 14.1 Å². The SMILES string of the molecule is C=C/C(=C\C(=C/C)NC(=O)c1cc(C)n(C)n1)C(C)(C)CC(=O)N(C)C. The Hall–Kier alpha value is -2.63. The van der Waals surface area contributed by atoms with Gasteiger partial charge in [0.2, 0.25) is 5.91 Å². The highest BCUT2D eigenvalue weighted by Gasteiger charge is 2.26. The van der Waals surface area contributed by atoms with Crippen molar-refractivity contribution in [2.24, 2.45) is 12.5 Å². The fraction of sp³-hybridized carbons (Fsp3) is 0.450. The van der Waals surface area contributed by atoms with Gasteiger partial charge in [0.1, 0.15) is 0 Å². The van der Waals surface area contributed by atoms with E-state index in [4.69, 9.17) is 0 Å². The van der Waals surface area contributed by atoms with Crippen LogP contribution in [-0.2, 0) is 11.8 Å². The minimum absolute atomic E-state index is 0.0396. The van der Waals surface area contributed by atoms with Crippen molar-refractivity contribution in [1.82, 2.24) is 20.0 Å². The topological polar surface area (TPSA) is 67.2 Å². The monoisotopic (exact) mass is 358 g/mol. The van der Waals surface area contributed by atoms with Crippen LogP contribution in [0.5, 0.6) is 0 Å². The van der Waals surface area contributed by atoms with E-state index in [1.165, 1.54) is 0 Å². The second kappa shape index (κ2) is 8.65. The van der Waals surface area contributed by atoms with Crippen LogP contribution in [0.3, 0.4) is 0 Å².